The Morgan fingerprint density at radius 3 is 2.10 bits per heavy atom. The van der Waals surface area contributed by atoms with Crippen LogP contribution >= 0.6 is 0 Å². The molecule has 1 aliphatic heterocycles. The van der Waals surface area contributed by atoms with Gasteiger partial charge in [-0.15, -0.1) is 0 Å². The first kappa shape index (κ1) is 22.4. The number of ether oxygens (including phenoxy) is 3. The molecule has 1 unspecified atom stereocenters. The Bertz CT molecular complexity index is 1070. The van der Waals surface area contributed by atoms with Crippen LogP contribution in [0.3, 0.4) is 0 Å². The van der Waals surface area contributed by atoms with Crippen LogP contribution in [0.15, 0.2) is 41.3 Å². The average molecular weight is 448 g/mol. The number of carbonyl (C=O) groups excluding carboxylic acids is 2. The second kappa shape index (κ2) is 8.84. The minimum atomic E-state index is -3.32. The standard InChI is InChI=1S/C21H24N2O7S/c1-28-17-10-15(11-18(29-2)20(17)30-3)23-12-13(9-19(23)24)21(25)22-14-5-7-16(8-6-14)31(4,26)27/h5-8,10-11,13H,9,12H2,1-4H3,(H,22,25). The minimum absolute atomic E-state index is 0.0456. The SMILES string of the molecule is COc1cc(N2CC(C(=O)Nc3ccc(S(C)(=O)=O)cc3)CC2=O)cc(OC)c1OC. The van der Waals surface area contributed by atoms with Gasteiger partial charge in [-0.05, 0) is 24.3 Å². The molecule has 3 rings (SSSR count). The van der Waals surface area contributed by atoms with Crippen molar-refractivity contribution in [2.45, 2.75) is 11.3 Å². The van der Waals surface area contributed by atoms with Gasteiger partial charge >= 0.3 is 0 Å². The van der Waals surface area contributed by atoms with Crippen molar-refractivity contribution in [3.63, 3.8) is 0 Å². The number of amides is 2. The lowest BCUT2D eigenvalue weighted by Gasteiger charge is -2.20. The van der Waals surface area contributed by atoms with Gasteiger partial charge in [0.1, 0.15) is 0 Å². The minimum Gasteiger partial charge on any atom is -0.493 e. The molecular formula is C21H24N2O7S. The van der Waals surface area contributed by atoms with Crippen LogP contribution < -0.4 is 24.4 Å². The quantitative estimate of drug-likeness (QED) is 0.690. The number of methoxy groups -OCH3 is 3. The van der Waals surface area contributed by atoms with Crippen LogP contribution in [0.25, 0.3) is 0 Å². The van der Waals surface area contributed by atoms with Crippen molar-refractivity contribution in [1.29, 1.82) is 0 Å². The normalized spacial score (nSPS) is 16.2. The fourth-order valence-electron chi connectivity index (χ4n) is 3.39. The lowest BCUT2D eigenvalue weighted by molar-refractivity contribution is -0.122. The van der Waals surface area contributed by atoms with Gasteiger partial charge in [0.25, 0.3) is 0 Å². The van der Waals surface area contributed by atoms with Gasteiger partial charge in [-0.3, -0.25) is 9.59 Å². The molecule has 10 heteroatoms. The lowest BCUT2D eigenvalue weighted by atomic mass is 10.1. The van der Waals surface area contributed by atoms with Crippen LogP contribution in [0.1, 0.15) is 6.42 Å². The molecule has 1 aliphatic rings. The summed E-state index contributed by atoms with van der Waals surface area (Å²) in [5, 5.41) is 2.74. The molecule has 2 aromatic rings. The Hall–Kier alpha value is -3.27. The molecule has 9 nitrogen and oxygen atoms in total. The van der Waals surface area contributed by atoms with Crippen molar-refractivity contribution in [3.05, 3.63) is 36.4 Å². The first-order chi connectivity index (χ1) is 14.7. The first-order valence-electron chi connectivity index (χ1n) is 9.39. The molecule has 166 valence electrons. The Kier molecular flexibility index (Phi) is 6.40. The molecule has 1 heterocycles. The van der Waals surface area contributed by atoms with Gasteiger partial charge in [0.05, 0.1) is 37.8 Å². The summed E-state index contributed by atoms with van der Waals surface area (Å²) >= 11 is 0. The molecule has 31 heavy (non-hydrogen) atoms. The number of nitrogens with zero attached hydrogens (tertiary/aromatic N) is 1. The predicted molar refractivity (Wildman–Crippen MR) is 115 cm³/mol. The number of hydrogen-bond acceptors (Lipinski definition) is 7. The van der Waals surface area contributed by atoms with Gasteiger partial charge in [0.2, 0.25) is 17.6 Å². The fourth-order valence-corrected chi connectivity index (χ4v) is 4.02. The first-order valence-corrected chi connectivity index (χ1v) is 11.3. The maximum Gasteiger partial charge on any atom is 0.229 e. The monoisotopic (exact) mass is 448 g/mol. The van der Waals surface area contributed by atoms with E-state index in [2.05, 4.69) is 5.32 Å². The topological polar surface area (TPSA) is 111 Å². The Morgan fingerprint density at radius 2 is 1.61 bits per heavy atom. The third-order valence-electron chi connectivity index (χ3n) is 5.01. The van der Waals surface area contributed by atoms with Gasteiger partial charge in [-0.2, -0.15) is 0 Å². The Morgan fingerprint density at radius 1 is 1.03 bits per heavy atom. The molecule has 0 aromatic heterocycles. The largest absolute Gasteiger partial charge is 0.493 e. The van der Waals surface area contributed by atoms with Gasteiger partial charge in [0, 0.05) is 37.0 Å². The molecule has 2 aromatic carbocycles. The van der Waals surface area contributed by atoms with E-state index in [1.165, 1.54) is 50.5 Å². The highest BCUT2D eigenvalue weighted by atomic mass is 32.2. The highest BCUT2D eigenvalue weighted by Crippen LogP contribution is 2.42. The van der Waals surface area contributed by atoms with Crippen LogP contribution in [-0.4, -0.2) is 54.4 Å². The van der Waals surface area contributed by atoms with Crippen molar-refractivity contribution in [2.75, 3.05) is 44.3 Å². The van der Waals surface area contributed by atoms with Crippen LogP contribution in [0.5, 0.6) is 17.2 Å². The third-order valence-corrected chi connectivity index (χ3v) is 6.14. The average Bonchev–Trinajstić information content (AvgIpc) is 3.14. The fraction of sp³-hybridized carbons (Fsp3) is 0.333. The maximum atomic E-state index is 12.7. The summed E-state index contributed by atoms with van der Waals surface area (Å²) < 4.78 is 39.1. The molecule has 0 bridgehead atoms. The molecule has 1 saturated heterocycles. The summed E-state index contributed by atoms with van der Waals surface area (Å²) in [5.74, 6) is 0.123. The zero-order chi connectivity index (χ0) is 22.8. The van der Waals surface area contributed by atoms with E-state index in [0.717, 1.165) is 6.26 Å². The summed E-state index contributed by atoms with van der Waals surface area (Å²) in [4.78, 5) is 27.0. The summed E-state index contributed by atoms with van der Waals surface area (Å²) in [7, 11) is 1.14. The van der Waals surface area contributed by atoms with Gasteiger partial charge < -0.3 is 24.4 Å². The number of carbonyl (C=O) groups is 2. The number of rotatable bonds is 7. The summed E-state index contributed by atoms with van der Waals surface area (Å²) in [6, 6.07) is 9.19. The van der Waals surface area contributed by atoms with E-state index in [-0.39, 0.29) is 29.7 Å². The molecule has 1 atom stereocenters. The van der Waals surface area contributed by atoms with Gasteiger partial charge in [-0.1, -0.05) is 0 Å². The van der Waals surface area contributed by atoms with Crippen LogP contribution in [0, 0.1) is 5.92 Å². The highest BCUT2D eigenvalue weighted by Gasteiger charge is 2.36. The van der Waals surface area contributed by atoms with E-state index in [1.807, 2.05) is 0 Å². The van der Waals surface area contributed by atoms with Gasteiger partial charge in [0.15, 0.2) is 21.3 Å². The van der Waals surface area contributed by atoms with Crippen LogP contribution in [-0.2, 0) is 19.4 Å². The van der Waals surface area contributed by atoms with Crippen molar-refractivity contribution < 1.29 is 32.2 Å². The van der Waals surface area contributed by atoms with E-state index >= 15 is 0 Å². The van der Waals surface area contributed by atoms with E-state index in [4.69, 9.17) is 14.2 Å². The number of sulfone groups is 1. The van der Waals surface area contributed by atoms with Crippen molar-refractivity contribution in [1.82, 2.24) is 0 Å². The molecule has 0 aliphatic carbocycles. The molecule has 1 N–H and O–H groups in total. The number of hydrogen-bond donors (Lipinski definition) is 1. The second-order valence-corrected chi connectivity index (χ2v) is 9.09. The number of benzene rings is 2. The van der Waals surface area contributed by atoms with Gasteiger partial charge in [-0.25, -0.2) is 8.42 Å². The zero-order valence-electron chi connectivity index (χ0n) is 17.7. The summed E-state index contributed by atoms with van der Waals surface area (Å²) in [6.45, 7) is 0.185. The summed E-state index contributed by atoms with van der Waals surface area (Å²) in [6.07, 6.45) is 1.16. The highest BCUT2D eigenvalue weighted by molar-refractivity contribution is 7.90. The lowest BCUT2D eigenvalue weighted by Crippen LogP contribution is -2.28. The summed E-state index contributed by atoms with van der Waals surface area (Å²) in [5.41, 5.74) is 0.989. The molecule has 1 fully saturated rings. The Balaban J connectivity index is 1.76. The van der Waals surface area contributed by atoms with Crippen molar-refractivity contribution in [2.24, 2.45) is 5.92 Å². The molecular weight excluding hydrogens is 424 g/mol. The third kappa shape index (κ3) is 4.74. The molecule has 0 radical (unpaired) electrons. The predicted octanol–water partition coefficient (Wildman–Crippen LogP) is 2.11. The maximum absolute atomic E-state index is 12.7. The smallest absolute Gasteiger partial charge is 0.229 e. The van der Waals surface area contributed by atoms with E-state index < -0.39 is 15.8 Å². The van der Waals surface area contributed by atoms with Crippen molar-refractivity contribution in [3.8, 4) is 17.2 Å². The molecule has 2 amide bonds. The Labute approximate surface area is 180 Å². The second-order valence-electron chi connectivity index (χ2n) is 7.07. The van der Waals surface area contributed by atoms with E-state index in [9.17, 15) is 18.0 Å². The van der Waals surface area contributed by atoms with Crippen LogP contribution in [0.4, 0.5) is 11.4 Å². The molecule has 0 saturated carbocycles. The van der Waals surface area contributed by atoms with Crippen LogP contribution in [0.2, 0.25) is 0 Å². The molecule has 0 spiro atoms. The zero-order valence-corrected chi connectivity index (χ0v) is 18.5. The van der Waals surface area contributed by atoms with Crippen molar-refractivity contribution >= 4 is 33.0 Å². The number of anilines is 2. The van der Waals surface area contributed by atoms with E-state index in [0.29, 0.717) is 28.6 Å². The number of nitrogens with one attached hydrogen (secondary N) is 1. The van der Waals surface area contributed by atoms with E-state index in [1.54, 1.807) is 12.1 Å².